The third kappa shape index (κ3) is 7.79. The number of carbonyl (C=O) groups excluding carboxylic acids is 2. The van der Waals surface area contributed by atoms with Gasteiger partial charge >= 0.3 is 11.9 Å². The van der Waals surface area contributed by atoms with Crippen molar-refractivity contribution in [1.29, 1.82) is 5.41 Å². The van der Waals surface area contributed by atoms with Gasteiger partial charge in [0.05, 0.1) is 6.42 Å². The topological polar surface area (TPSA) is 192 Å². The highest BCUT2D eigenvalue weighted by atomic mass is 16.5. The van der Waals surface area contributed by atoms with Gasteiger partial charge in [-0.2, -0.15) is 0 Å². The Balaban J connectivity index is 1.62. The van der Waals surface area contributed by atoms with Crippen LogP contribution in [0, 0.1) is 5.41 Å². The summed E-state index contributed by atoms with van der Waals surface area (Å²) in [4.78, 5) is 48.1. The van der Waals surface area contributed by atoms with Crippen molar-refractivity contribution in [3.05, 3.63) is 77.9 Å². The second kappa shape index (κ2) is 12.2. The number of amidine groups is 1. The summed E-state index contributed by atoms with van der Waals surface area (Å²) in [7, 11) is 0. The minimum Gasteiger partial charge on any atom is -0.484 e. The second-order valence-corrected chi connectivity index (χ2v) is 8.23. The van der Waals surface area contributed by atoms with Crippen LogP contribution in [-0.2, 0) is 25.6 Å². The van der Waals surface area contributed by atoms with Gasteiger partial charge in [-0.3, -0.25) is 19.8 Å². The van der Waals surface area contributed by atoms with Crippen LogP contribution < -0.4 is 21.1 Å². The molecule has 37 heavy (non-hydrogen) atoms. The fourth-order valence-electron chi connectivity index (χ4n) is 3.57. The molecule has 0 aromatic heterocycles. The highest BCUT2D eigenvalue weighted by molar-refractivity contribution is 5.99. The van der Waals surface area contributed by atoms with Gasteiger partial charge < -0.3 is 31.3 Å². The quantitative estimate of drug-likeness (QED) is 0.156. The summed E-state index contributed by atoms with van der Waals surface area (Å²) < 4.78 is 5.49. The smallest absolute Gasteiger partial charge is 0.326 e. The van der Waals surface area contributed by atoms with Gasteiger partial charge in [0.25, 0.3) is 5.91 Å². The molecule has 0 bridgehead atoms. The number of carbonyl (C=O) groups is 4. The normalized spacial score (nSPS) is 12.2. The minimum absolute atomic E-state index is 0.0192. The van der Waals surface area contributed by atoms with Crippen molar-refractivity contribution in [3.63, 3.8) is 0 Å². The molecular weight excluding hydrogens is 480 g/mol. The van der Waals surface area contributed by atoms with Crippen LogP contribution in [0.3, 0.4) is 0 Å². The number of carboxylic acids is 2. The van der Waals surface area contributed by atoms with E-state index in [1.807, 2.05) is 0 Å². The molecule has 11 heteroatoms. The van der Waals surface area contributed by atoms with E-state index in [0.29, 0.717) is 16.9 Å². The number of carboxylic acid groups (broad SMARTS) is 2. The summed E-state index contributed by atoms with van der Waals surface area (Å²) in [5, 5.41) is 32.4. The molecule has 0 saturated carbocycles. The fraction of sp³-hybridized carbons (Fsp3) is 0.192. The number of nitrogen functional groups attached to an aromatic ring is 1. The molecule has 0 fully saturated rings. The Morgan fingerprint density at radius 2 is 1.57 bits per heavy atom. The van der Waals surface area contributed by atoms with Crippen LogP contribution in [0.1, 0.15) is 17.5 Å². The van der Waals surface area contributed by atoms with Gasteiger partial charge in [-0.05, 0) is 34.5 Å². The van der Waals surface area contributed by atoms with Crippen molar-refractivity contribution in [2.75, 3.05) is 6.61 Å². The summed E-state index contributed by atoms with van der Waals surface area (Å²) in [6.45, 7) is -0.507. The molecule has 3 aromatic carbocycles. The molecule has 3 rings (SSSR count). The van der Waals surface area contributed by atoms with Crippen molar-refractivity contribution in [3.8, 4) is 5.75 Å². The van der Waals surface area contributed by atoms with E-state index in [1.54, 1.807) is 66.7 Å². The molecule has 7 N–H and O–H groups in total. The number of benzene rings is 3. The summed E-state index contributed by atoms with van der Waals surface area (Å²) in [5.74, 6) is -4.06. The number of nitrogens with one attached hydrogen (secondary N) is 3. The van der Waals surface area contributed by atoms with Crippen molar-refractivity contribution in [2.45, 2.75) is 24.9 Å². The first-order valence-electron chi connectivity index (χ1n) is 11.2. The molecule has 3 aromatic rings. The summed E-state index contributed by atoms with van der Waals surface area (Å²) in [5.41, 5.74) is 6.73. The molecule has 11 nitrogen and oxygen atoms in total. The van der Waals surface area contributed by atoms with E-state index in [9.17, 15) is 29.4 Å². The minimum atomic E-state index is -1.51. The number of amides is 2. The van der Waals surface area contributed by atoms with Gasteiger partial charge in [0.2, 0.25) is 5.91 Å². The lowest BCUT2D eigenvalue weighted by molar-refractivity contribution is -0.143. The maximum atomic E-state index is 12.7. The van der Waals surface area contributed by atoms with Gasteiger partial charge in [-0.1, -0.05) is 48.5 Å². The number of fused-ring (bicyclic) bond motifs is 1. The van der Waals surface area contributed by atoms with Crippen molar-refractivity contribution in [2.24, 2.45) is 5.73 Å². The highest BCUT2D eigenvalue weighted by Gasteiger charge is 2.28. The van der Waals surface area contributed by atoms with Crippen LogP contribution in [0.4, 0.5) is 0 Å². The first-order chi connectivity index (χ1) is 17.6. The second-order valence-electron chi connectivity index (χ2n) is 8.23. The Bertz CT molecular complexity index is 1330. The van der Waals surface area contributed by atoms with Gasteiger partial charge in [-0.25, -0.2) is 4.79 Å². The highest BCUT2D eigenvalue weighted by Crippen LogP contribution is 2.22. The number of hydrogen-bond donors (Lipinski definition) is 6. The molecule has 0 saturated heterocycles. The Labute approximate surface area is 211 Å². The van der Waals surface area contributed by atoms with E-state index in [2.05, 4.69) is 10.6 Å². The lowest BCUT2D eigenvalue weighted by Crippen LogP contribution is -2.53. The van der Waals surface area contributed by atoms with Crippen LogP contribution in [0.2, 0.25) is 0 Å². The number of nitrogens with two attached hydrogens (primary N) is 1. The van der Waals surface area contributed by atoms with E-state index in [0.717, 1.165) is 10.8 Å². The van der Waals surface area contributed by atoms with E-state index in [-0.39, 0.29) is 12.3 Å². The van der Waals surface area contributed by atoms with Crippen LogP contribution in [0.5, 0.6) is 5.75 Å². The largest absolute Gasteiger partial charge is 0.484 e. The Kier molecular flexibility index (Phi) is 8.76. The summed E-state index contributed by atoms with van der Waals surface area (Å²) >= 11 is 0. The van der Waals surface area contributed by atoms with E-state index in [1.165, 1.54) is 0 Å². The van der Waals surface area contributed by atoms with Crippen molar-refractivity contribution >= 4 is 40.4 Å². The lowest BCUT2D eigenvalue weighted by atomic mass is 10.1. The van der Waals surface area contributed by atoms with Gasteiger partial charge in [0.15, 0.2) is 6.61 Å². The maximum Gasteiger partial charge on any atom is 0.326 e. The van der Waals surface area contributed by atoms with Gasteiger partial charge in [-0.15, -0.1) is 0 Å². The van der Waals surface area contributed by atoms with E-state index >= 15 is 0 Å². The van der Waals surface area contributed by atoms with Gasteiger partial charge in [0.1, 0.15) is 23.7 Å². The summed E-state index contributed by atoms with van der Waals surface area (Å²) in [6.07, 6.45) is -0.766. The Morgan fingerprint density at radius 1 is 0.892 bits per heavy atom. The van der Waals surface area contributed by atoms with E-state index < -0.39 is 48.9 Å². The molecule has 0 aliphatic heterocycles. The molecule has 0 spiro atoms. The number of ether oxygens (including phenoxy) is 1. The molecule has 0 aliphatic rings. The van der Waals surface area contributed by atoms with Crippen molar-refractivity contribution in [1.82, 2.24) is 10.6 Å². The standard InChI is InChI=1S/C26H26N4O7/c27-24(28)18-7-6-17-12-19(9-8-16(17)11-18)37-14-22(31)29-20(13-23(32)33)25(34)30-21(26(35)36)10-15-4-2-1-3-5-15/h1-9,11-12,20-21H,10,13-14H2,(H3,27,28)(H,29,31)(H,30,34)(H,32,33)(H,35,36)/t20-,21-/m0/s1. The Hall–Kier alpha value is -4.93. The molecule has 0 heterocycles. The lowest BCUT2D eigenvalue weighted by Gasteiger charge is -2.20. The predicted octanol–water partition coefficient (Wildman–Crippen LogP) is 1.27. The molecule has 2 atom stereocenters. The van der Waals surface area contributed by atoms with Crippen LogP contribution in [0.25, 0.3) is 10.8 Å². The van der Waals surface area contributed by atoms with Crippen LogP contribution >= 0.6 is 0 Å². The van der Waals surface area contributed by atoms with Crippen LogP contribution in [0.15, 0.2) is 66.7 Å². The zero-order chi connectivity index (χ0) is 26.9. The average Bonchev–Trinajstić information content (AvgIpc) is 2.86. The zero-order valence-electron chi connectivity index (χ0n) is 19.6. The monoisotopic (exact) mass is 506 g/mol. The maximum absolute atomic E-state index is 12.7. The van der Waals surface area contributed by atoms with Crippen molar-refractivity contribution < 1.29 is 34.1 Å². The molecule has 0 radical (unpaired) electrons. The van der Waals surface area contributed by atoms with Crippen LogP contribution in [-0.4, -0.2) is 58.5 Å². The molecule has 2 amide bonds. The SMILES string of the molecule is N=C(N)c1ccc2cc(OCC(=O)N[C@@H](CC(=O)O)C(=O)N[C@@H](Cc3ccccc3)C(=O)O)ccc2c1. The third-order valence-electron chi connectivity index (χ3n) is 5.42. The van der Waals surface area contributed by atoms with E-state index in [4.69, 9.17) is 15.9 Å². The fourth-order valence-corrected chi connectivity index (χ4v) is 3.57. The molecule has 192 valence electrons. The number of rotatable bonds is 12. The predicted molar refractivity (Wildman–Crippen MR) is 134 cm³/mol. The first-order valence-corrected chi connectivity index (χ1v) is 11.2. The third-order valence-corrected chi connectivity index (χ3v) is 5.42. The number of hydrogen-bond acceptors (Lipinski definition) is 6. The molecular formula is C26H26N4O7. The summed E-state index contributed by atoms with van der Waals surface area (Å²) in [6, 6.07) is 16.0. The first kappa shape index (κ1) is 26.7. The molecule has 0 aliphatic carbocycles. The molecule has 0 unspecified atom stereocenters. The zero-order valence-corrected chi connectivity index (χ0v) is 19.6. The number of aliphatic carboxylic acids is 2. The van der Waals surface area contributed by atoms with Gasteiger partial charge in [0, 0.05) is 12.0 Å². The Morgan fingerprint density at radius 3 is 2.22 bits per heavy atom. The average molecular weight is 507 g/mol.